The van der Waals surface area contributed by atoms with Crippen LogP contribution in [0.25, 0.3) is 0 Å². The number of para-hydroxylation sites is 1. The Morgan fingerprint density at radius 3 is 2.50 bits per heavy atom. The van der Waals surface area contributed by atoms with Crippen LogP contribution in [0.5, 0.6) is 5.75 Å². The molecule has 3 N–H and O–H groups in total. The molecule has 0 aliphatic rings. The van der Waals surface area contributed by atoms with Crippen molar-refractivity contribution in [2.24, 2.45) is 0 Å². The summed E-state index contributed by atoms with van der Waals surface area (Å²) in [6.45, 7) is 0. The molecule has 2 aromatic rings. The third-order valence-electron chi connectivity index (χ3n) is 2.99. The number of hydrogen-bond donors (Lipinski definition) is 2. The van der Waals surface area contributed by atoms with E-state index in [0.29, 0.717) is 11.3 Å². The molecule has 0 unspecified atom stereocenters. The van der Waals surface area contributed by atoms with E-state index in [1.54, 1.807) is 37.4 Å². The monoisotopic (exact) mass is 267 g/mol. The van der Waals surface area contributed by atoms with Gasteiger partial charge in [-0.05, 0) is 36.4 Å². The van der Waals surface area contributed by atoms with Gasteiger partial charge in [-0.3, -0.25) is 4.79 Å². The third-order valence-corrected chi connectivity index (χ3v) is 2.99. The van der Waals surface area contributed by atoms with E-state index in [-0.39, 0.29) is 22.9 Å². The Hall–Kier alpha value is -3.00. The number of aromatic hydroxyl groups is 1. The van der Waals surface area contributed by atoms with Gasteiger partial charge in [-0.25, -0.2) is 0 Å². The molecule has 100 valence electrons. The lowest BCUT2D eigenvalue weighted by molar-refractivity contribution is 0.0990. The summed E-state index contributed by atoms with van der Waals surface area (Å²) >= 11 is 0. The molecule has 2 rings (SSSR count). The highest BCUT2D eigenvalue weighted by Crippen LogP contribution is 2.27. The zero-order chi connectivity index (χ0) is 14.7. The highest BCUT2D eigenvalue weighted by Gasteiger charge is 2.18. The summed E-state index contributed by atoms with van der Waals surface area (Å²) in [5.41, 5.74) is 7.01. The van der Waals surface area contributed by atoms with Crippen molar-refractivity contribution >= 4 is 17.3 Å². The molecular weight excluding hydrogens is 254 g/mol. The fourth-order valence-electron chi connectivity index (χ4n) is 1.79. The van der Waals surface area contributed by atoms with Gasteiger partial charge in [0.15, 0.2) is 5.75 Å². The lowest BCUT2D eigenvalue weighted by Gasteiger charge is -2.18. The third kappa shape index (κ3) is 2.40. The van der Waals surface area contributed by atoms with Crippen molar-refractivity contribution < 1.29 is 9.90 Å². The number of nitrogens with zero attached hydrogens (tertiary/aromatic N) is 2. The molecule has 0 aliphatic carbocycles. The first-order valence-electron chi connectivity index (χ1n) is 5.90. The molecule has 5 nitrogen and oxygen atoms in total. The number of nitrogens with two attached hydrogens (primary N) is 1. The molecule has 0 fully saturated rings. The van der Waals surface area contributed by atoms with Gasteiger partial charge in [0.05, 0.1) is 22.9 Å². The number of anilines is 2. The van der Waals surface area contributed by atoms with Gasteiger partial charge in [0.25, 0.3) is 5.91 Å². The van der Waals surface area contributed by atoms with Crippen LogP contribution in [0.2, 0.25) is 0 Å². The molecule has 0 saturated carbocycles. The van der Waals surface area contributed by atoms with Crippen LogP contribution in [0.1, 0.15) is 15.9 Å². The molecule has 0 aliphatic heterocycles. The highest BCUT2D eigenvalue weighted by molar-refractivity contribution is 6.08. The molecule has 20 heavy (non-hydrogen) atoms. The highest BCUT2D eigenvalue weighted by atomic mass is 16.3. The number of phenolic OH excluding ortho intramolecular Hbond substituents is 1. The maximum atomic E-state index is 12.3. The van der Waals surface area contributed by atoms with E-state index in [2.05, 4.69) is 0 Å². The summed E-state index contributed by atoms with van der Waals surface area (Å²) in [5, 5.41) is 18.6. The second-order valence-electron chi connectivity index (χ2n) is 4.27. The van der Waals surface area contributed by atoms with Gasteiger partial charge >= 0.3 is 0 Å². The van der Waals surface area contributed by atoms with Gasteiger partial charge in [0, 0.05) is 12.7 Å². The van der Waals surface area contributed by atoms with E-state index in [4.69, 9.17) is 11.0 Å². The van der Waals surface area contributed by atoms with Crippen LogP contribution < -0.4 is 10.6 Å². The number of amides is 1. The molecule has 0 radical (unpaired) electrons. The van der Waals surface area contributed by atoms with Crippen LogP contribution in [0.3, 0.4) is 0 Å². The van der Waals surface area contributed by atoms with Gasteiger partial charge < -0.3 is 15.7 Å². The molecule has 0 spiro atoms. The molecule has 0 bridgehead atoms. The Morgan fingerprint density at radius 1 is 1.25 bits per heavy atom. The Balaban J connectivity index is 2.32. The summed E-state index contributed by atoms with van der Waals surface area (Å²) < 4.78 is 0. The summed E-state index contributed by atoms with van der Waals surface area (Å²) in [6, 6.07) is 13.2. The SMILES string of the molecule is CN(C(=O)c1cccc(N)c1O)c1ccc(C#N)cc1. The number of nitriles is 1. The minimum absolute atomic E-state index is 0.136. The summed E-state index contributed by atoms with van der Waals surface area (Å²) in [7, 11) is 1.59. The quantitative estimate of drug-likeness (QED) is 0.644. The van der Waals surface area contributed by atoms with Crippen molar-refractivity contribution in [2.75, 3.05) is 17.7 Å². The number of nitrogen functional groups attached to an aromatic ring is 1. The maximum Gasteiger partial charge on any atom is 0.261 e. The fraction of sp³-hybridized carbons (Fsp3) is 0.0667. The van der Waals surface area contributed by atoms with Crippen LogP contribution in [-0.4, -0.2) is 18.1 Å². The molecule has 0 heterocycles. The minimum Gasteiger partial charge on any atom is -0.505 e. The number of hydrogen-bond acceptors (Lipinski definition) is 4. The first kappa shape index (κ1) is 13.4. The zero-order valence-corrected chi connectivity index (χ0v) is 10.9. The number of carbonyl (C=O) groups is 1. The van der Waals surface area contributed by atoms with Crippen LogP contribution >= 0.6 is 0 Å². The van der Waals surface area contributed by atoms with Gasteiger partial charge in [-0.1, -0.05) is 6.07 Å². The average Bonchev–Trinajstić information content (AvgIpc) is 2.48. The van der Waals surface area contributed by atoms with Crippen molar-refractivity contribution in [1.82, 2.24) is 0 Å². The van der Waals surface area contributed by atoms with Crippen LogP contribution in [0.15, 0.2) is 42.5 Å². The zero-order valence-electron chi connectivity index (χ0n) is 10.9. The van der Waals surface area contributed by atoms with E-state index < -0.39 is 0 Å². The molecular formula is C15H13N3O2. The van der Waals surface area contributed by atoms with Crippen LogP contribution in [0, 0.1) is 11.3 Å². The van der Waals surface area contributed by atoms with Gasteiger partial charge in [-0.2, -0.15) is 5.26 Å². The predicted octanol–water partition coefficient (Wildman–Crippen LogP) is 2.12. The van der Waals surface area contributed by atoms with Crippen LogP contribution in [-0.2, 0) is 0 Å². The largest absolute Gasteiger partial charge is 0.505 e. The summed E-state index contributed by atoms with van der Waals surface area (Å²) in [4.78, 5) is 13.7. The summed E-state index contributed by atoms with van der Waals surface area (Å²) in [6.07, 6.45) is 0. The van der Waals surface area contributed by atoms with Gasteiger partial charge in [-0.15, -0.1) is 0 Å². The molecule has 0 atom stereocenters. The first-order chi connectivity index (χ1) is 9.54. The van der Waals surface area contributed by atoms with E-state index in [0.717, 1.165) is 0 Å². The summed E-state index contributed by atoms with van der Waals surface area (Å²) in [5.74, 6) is -0.600. The van der Waals surface area contributed by atoms with E-state index in [9.17, 15) is 9.90 Å². The van der Waals surface area contributed by atoms with Crippen molar-refractivity contribution in [3.63, 3.8) is 0 Å². The first-order valence-corrected chi connectivity index (χ1v) is 5.90. The number of phenols is 1. The Morgan fingerprint density at radius 2 is 1.90 bits per heavy atom. The Labute approximate surface area is 116 Å². The van der Waals surface area contributed by atoms with Crippen molar-refractivity contribution in [2.45, 2.75) is 0 Å². The Kier molecular flexibility index (Phi) is 3.58. The average molecular weight is 267 g/mol. The van der Waals surface area contributed by atoms with E-state index >= 15 is 0 Å². The standard InChI is InChI=1S/C15H13N3O2/c1-18(11-7-5-10(9-16)6-8-11)15(20)12-3-2-4-13(17)14(12)19/h2-8,19H,17H2,1H3. The second-order valence-corrected chi connectivity index (χ2v) is 4.27. The molecule has 5 heteroatoms. The van der Waals surface area contributed by atoms with Crippen molar-refractivity contribution in [3.05, 3.63) is 53.6 Å². The molecule has 2 aromatic carbocycles. The maximum absolute atomic E-state index is 12.3. The normalized spacial score (nSPS) is 9.80. The van der Waals surface area contributed by atoms with E-state index in [1.807, 2.05) is 6.07 Å². The fourth-order valence-corrected chi connectivity index (χ4v) is 1.79. The molecule has 0 aromatic heterocycles. The van der Waals surface area contributed by atoms with Gasteiger partial charge in [0.1, 0.15) is 0 Å². The predicted molar refractivity (Wildman–Crippen MR) is 76.4 cm³/mol. The van der Waals surface area contributed by atoms with E-state index in [1.165, 1.54) is 17.0 Å². The molecule has 1 amide bonds. The lowest BCUT2D eigenvalue weighted by Crippen LogP contribution is -2.26. The topological polar surface area (TPSA) is 90.3 Å². The Bertz CT molecular complexity index is 687. The smallest absolute Gasteiger partial charge is 0.261 e. The number of benzene rings is 2. The van der Waals surface area contributed by atoms with Gasteiger partial charge in [0.2, 0.25) is 0 Å². The number of rotatable bonds is 2. The van der Waals surface area contributed by atoms with Crippen molar-refractivity contribution in [1.29, 1.82) is 5.26 Å². The van der Waals surface area contributed by atoms with Crippen molar-refractivity contribution in [3.8, 4) is 11.8 Å². The minimum atomic E-state index is -0.375. The van der Waals surface area contributed by atoms with Crippen LogP contribution in [0.4, 0.5) is 11.4 Å². The number of carbonyl (C=O) groups excluding carboxylic acids is 1. The second kappa shape index (κ2) is 5.33. The lowest BCUT2D eigenvalue weighted by atomic mass is 10.1. The molecule has 0 saturated heterocycles.